The van der Waals surface area contributed by atoms with Gasteiger partial charge in [-0.05, 0) is 89.5 Å². The van der Waals surface area contributed by atoms with E-state index in [9.17, 15) is 19.2 Å². The first-order valence-corrected chi connectivity index (χ1v) is 16.6. The molecule has 1 saturated carbocycles. The fourth-order valence-electron chi connectivity index (χ4n) is 9.15. The number of anilines is 1. The summed E-state index contributed by atoms with van der Waals surface area (Å²) in [5, 5.41) is 5.67. The van der Waals surface area contributed by atoms with Gasteiger partial charge in [-0.25, -0.2) is 0 Å². The molecule has 2 aromatic carbocycles. The summed E-state index contributed by atoms with van der Waals surface area (Å²) in [7, 11) is 0. The number of imide groups is 1. The van der Waals surface area contributed by atoms with Crippen molar-refractivity contribution in [1.29, 1.82) is 0 Å². The van der Waals surface area contributed by atoms with Crippen LogP contribution in [0.3, 0.4) is 0 Å². The number of carbonyl (C=O) groups is 4. The first kappa shape index (κ1) is 30.0. The largest absolute Gasteiger partial charge is 0.372 e. The molecule has 9 nitrogen and oxygen atoms in total. The van der Waals surface area contributed by atoms with Crippen LogP contribution < -0.4 is 15.5 Å². The van der Waals surface area contributed by atoms with Crippen LogP contribution in [0.15, 0.2) is 36.4 Å². The fourth-order valence-corrected chi connectivity index (χ4v) is 9.15. The predicted octanol–water partition coefficient (Wildman–Crippen LogP) is 4.23. The minimum Gasteiger partial charge on any atom is -0.372 e. The Morgan fingerprint density at radius 2 is 1.56 bits per heavy atom. The quantitative estimate of drug-likeness (QED) is 0.474. The highest BCUT2D eigenvalue weighted by molar-refractivity contribution is 6.05. The Labute approximate surface area is 265 Å². The molecule has 0 radical (unpaired) electrons. The number of rotatable bonds is 6. The number of carbonyl (C=O) groups excluding carboxylic acids is 4. The minimum atomic E-state index is -0.575. The van der Waals surface area contributed by atoms with Gasteiger partial charge in [-0.2, -0.15) is 0 Å². The molecule has 0 spiro atoms. The van der Waals surface area contributed by atoms with Crippen molar-refractivity contribution in [2.24, 2.45) is 16.7 Å². The number of fused-ring (bicyclic) bond motifs is 2. The van der Waals surface area contributed by atoms with E-state index in [0.29, 0.717) is 24.4 Å². The number of nitrogens with zero attached hydrogens (tertiary/aromatic N) is 3. The summed E-state index contributed by atoms with van der Waals surface area (Å²) >= 11 is 0. The Morgan fingerprint density at radius 3 is 2.20 bits per heavy atom. The van der Waals surface area contributed by atoms with E-state index in [1.807, 2.05) is 18.2 Å². The van der Waals surface area contributed by atoms with Crippen molar-refractivity contribution in [3.8, 4) is 0 Å². The lowest BCUT2D eigenvalue weighted by Crippen LogP contribution is -2.63. The third kappa shape index (κ3) is 5.53. The monoisotopic (exact) mass is 611 g/mol. The van der Waals surface area contributed by atoms with Gasteiger partial charge in [0.25, 0.3) is 11.8 Å². The Morgan fingerprint density at radius 1 is 0.889 bits per heavy atom. The van der Waals surface area contributed by atoms with Crippen LogP contribution in [0.25, 0.3) is 0 Å². The van der Waals surface area contributed by atoms with E-state index < -0.39 is 6.04 Å². The van der Waals surface area contributed by atoms with Gasteiger partial charge >= 0.3 is 0 Å². The SMILES string of the molecule is CC1(C)CC(C)(C)C1NC(=O)c1ccc(N2CCC(CN3Cc4cc5c(cc4C3)C(=O)N(C3CCC(=O)NC3=O)C5)CC2)cc1. The maximum Gasteiger partial charge on any atom is 0.255 e. The molecule has 5 aliphatic rings. The van der Waals surface area contributed by atoms with Crippen molar-refractivity contribution in [3.05, 3.63) is 64.2 Å². The minimum absolute atomic E-state index is 0.0129. The molecule has 1 aliphatic carbocycles. The average Bonchev–Trinajstić information content (AvgIpc) is 3.53. The zero-order valence-corrected chi connectivity index (χ0v) is 26.9. The van der Waals surface area contributed by atoms with Crippen LogP contribution in [0.4, 0.5) is 5.69 Å². The summed E-state index contributed by atoms with van der Waals surface area (Å²) in [5.74, 6) is -0.106. The van der Waals surface area contributed by atoms with Crippen molar-refractivity contribution in [2.75, 3.05) is 24.5 Å². The Bertz CT molecular complexity index is 1540. The standard InChI is InChI=1S/C36H45N5O4/c1-35(2)21-36(3,4)34(35)38-31(43)23-5-7-27(8-6-23)40-13-11-22(12-14-40)17-39-18-24-15-26-20-41(29-9-10-30(42)37-32(29)44)33(45)28(26)16-25(24)19-39/h5-8,15-16,22,29,34H,9-14,17-21H2,1-4H3,(H,38,43)(H,37,42,44). The van der Waals surface area contributed by atoms with E-state index in [4.69, 9.17) is 0 Å². The van der Waals surface area contributed by atoms with Crippen LogP contribution in [0.2, 0.25) is 0 Å². The highest BCUT2D eigenvalue weighted by Crippen LogP contribution is 2.53. The lowest BCUT2D eigenvalue weighted by molar-refractivity contribution is -0.136. The molecule has 7 rings (SSSR count). The molecule has 4 heterocycles. The maximum absolute atomic E-state index is 13.2. The van der Waals surface area contributed by atoms with Crippen LogP contribution in [-0.2, 0) is 29.2 Å². The molecule has 0 bridgehead atoms. The Kier molecular flexibility index (Phi) is 7.30. The van der Waals surface area contributed by atoms with Crippen LogP contribution in [0.1, 0.15) is 97.2 Å². The van der Waals surface area contributed by atoms with Gasteiger partial charge in [0.2, 0.25) is 11.8 Å². The second-order valence-corrected chi connectivity index (χ2v) is 15.4. The van der Waals surface area contributed by atoms with Crippen molar-refractivity contribution in [3.63, 3.8) is 0 Å². The van der Waals surface area contributed by atoms with Crippen LogP contribution in [-0.4, -0.2) is 65.1 Å². The van der Waals surface area contributed by atoms with Gasteiger partial charge in [0.1, 0.15) is 6.04 Å². The van der Waals surface area contributed by atoms with Crippen LogP contribution in [0, 0.1) is 16.7 Å². The molecule has 9 heteroatoms. The van der Waals surface area contributed by atoms with E-state index in [1.54, 1.807) is 4.90 Å². The molecule has 4 aliphatic heterocycles. The molecule has 238 valence electrons. The molecule has 2 N–H and O–H groups in total. The molecule has 0 aromatic heterocycles. The molecule has 3 fully saturated rings. The van der Waals surface area contributed by atoms with E-state index in [0.717, 1.165) is 63.1 Å². The molecule has 1 unspecified atom stereocenters. The van der Waals surface area contributed by atoms with Gasteiger partial charge in [-0.3, -0.25) is 29.4 Å². The van der Waals surface area contributed by atoms with Gasteiger partial charge in [0.05, 0.1) is 0 Å². The van der Waals surface area contributed by atoms with E-state index >= 15 is 0 Å². The van der Waals surface area contributed by atoms with Gasteiger partial charge < -0.3 is 15.1 Å². The summed E-state index contributed by atoms with van der Waals surface area (Å²) in [6.07, 6.45) is 4.01. The molecular formula is C36H45N5O4. The number of nitrogens with one attached hydrogen (secondary N) is 2. The third-order valence-corrected chi connectivity index (χ3v) is 11.0. The first-order valence-electron chi connectivity index (χ1n) is 16.6. The Hall–Kier alpha value is -3.72. The summed E-state index contributed by atoms with van der Waals surface area (Å²) in [4.78, 5) is 56.8. The summed E-state index contributed by atoms with van der Waals surface area (Å²) in [6.45, 7) is 14.1. The molecule has 45 heavy (non-hydrogen) atoms. The highest BCUT2D eigenvalue weighted by atomic mass is 16.2. The summed E-state index contributed by atoms with van der Waals surface area (Å²) < 4.78 is 0. The van der Waals surface area contributed by atoms with Gasteiger partial charge in [0, 0.05) is 68.5 Å². The molecule has 2 aromatic rings. The lowest BCUT2D eigenvalue weighted by atomic mass is 9.52. The zero-order chi connectivity index (χ0) is 31.7. The van der Waals surface area contributed by atoms with Crippen molar-refractivity contribution in [2.45, 2.75) is 91.5 Å². The summed E-state index contributed by atoms with van der Waals surface area (Å²) in [5.41, 5.74) is 6.32. The second-order valence-electron chi connectivity index (χ2n) is 15.4. The van der Waals surface area contributed by atoms with Crippen LogP contribution >= 0.6 is 0 Å². The molecule has 1 atom stereocenters. The first-order chi connectivity index (χ1) is 21.4. The van der Waals surface area contributed by atoms with Gasteiger partial charge in [-0.1, -0.05) is 33.8 Å². The third-order valence-electron chi connectivity index (χ3n) is 11.0. The number of piperidine rings is 2. The summed E-state index contributed by atoms with van der Waals surface area (Å²) in [6, 6.07) is 11.9. The van der Waals surface area contributed by atoms with Crippen molar-refractivity contribution < 1.29 is 19.2 Å². The molecule has 2 saturated heterocycles. The topological polar surface area (TPSA) is 102 Å². The van der Waals surface area contributed by atoms with Crippen molar-refractivity contribution in [1.82, 2.24) is 20.4 Å². The van der Waals surface area contributed by atoms with Crippen molar-refractivity contribution >= 4 is 29.3 Å². The Balaban J connectivity index is 0.900. The normalized spacial score (nSPS) is 24.7. The average molecular weight is 612 g/mol. The zero-order valence-electron chi connectivity index (χ0n) is 26.9. The lowest BCUT2D eigenvalue weighted by Gasteiger charge is -2.57. The number of hydrogen-bond donors (Lipinski definition) is 2. The van der Waals surface area contributed by atoms with Crippen LogP contribution in [0.5, 0.6) is 0 Å². The fraction of sp³-hybridized carbons (Fsp3) is 0.556. The maximum atomic E-state index is 13.2. The van der Waals surface area contributed by atoms with E-state index in [-0.39, 0.29) is 46.9 Å². The second kappa shape index (κ2) is 11.0. The molecular weight excluding hydrogens is 566 g/mol. The number of amides is 4. The van der Waals surface area contributed by atoms with Gasteiger partial charge in [-0.15, -0.1) is 0 Å². The van der Waals surface area contributed by atoms with E-state index in [1.165, 1.54) is 16.8 Å². The number of benzene rings is 2. The highest BCUT2D eigenvalue weighted by Gasteiger charge is 2.53. The molecule has 4 amide bonds. The van der Waals surface area contributed by atoms with E-state index in [2.05, 4.69) is 66.3 Å². The number of hydrogen-bond acceptors (Lipinski definition) is 6. The van der Waals surface area contributed by atoms with Gasteiger partial charge in [0.15, 0.2) is 0 Å². The predicted molar refractivity (Wildman–Crippen MR) is 171 cm³/mol. The smallest absolute Gasteiger partial charge is 0.255 e.